The van der Waals surface area contributed by atoms with Gasteiger partial charge in [0.1, 0.15) is 13.2 Å². The summed E-state index contributed by atoms with van der Waals surface area (Å²) in [5, 5.41) is 20.6. The zero-order chi connectivity index (χ0) is 33.2. The zero-order valence-electron chi connectivity index (χ0n) is 25.6. The zero-order valence-corrected chi connectivity index (χ0v) is 28.5. The fourth-order valence-corrected chi connectivity index (χ4v) is 5.55. The molecule has 4 N–H and O–H groups in total. The molecule has 46 heavy (non-hydrogen) atoms. The molecule has 3 aromatic rings. The van der Waals surface area contributed by atoms with Crippen molar-refractivity contribution in [3.63, 3.8) is 0 Å². The summed E-state index contributed by atoms with van der Waals surface area (Å²) in [6, 6.07) is 14.9. The van der Waals surface area contributed by atoms with Gasteiger partial charge in [0.2, 0.25) is 0 Å². The average molecular weight is 765 g/mol. The van der Waals surface area contributed by atoms with Crippen LogP contribution in [0.1, 0.15) is 36.6 Å². The number of methoxy groups -OCH3 is 2. The molecule has 0 radical (unpaired) electrons. The summed E-state index contributed by atoms with van der Waals surface area (Å²) in [5.41, 5.74) is 5.51. The predicted octanol–water partition coefficient (Wildman–Crippen LogP) is 5.05. The van der Waals surface area contributed by atoms with Crippen molar-refractivity contribution >= 4 is 52.4 Å². The molecule has 244 valence electrons. The Morgan fingerprint density at radius 2 is 1.91 bits per heavy atom. The van der Waals surface area contributed by atoms with Gasteiger partial charge in [0.05, 0.1) is 42.2 Å². The van der Waals surface area contributed by atoms with Crippen molar-refractivity contribution in [2.45, 2.75) is 32.7 Å². The number of hydrogen-bond donors (Lipinski definition) is 4. The van der Waals surface area contributed by atoms with Crippen LogP contribution in [0, 0.1) is 3.57 Å². The maximum Gasteiger partial charge on any atom is 0.337 e. The Bertz CT molecular complexity index is 1630. The first-order valence-electron chi connectivity index (χ1n) is 14.1. The van der Waals surface area contributed by atoms with Gasteiger partial charge in [-0.05, 0) is 89.5 Å². The van der Waals surface area contributed by atoms with Crippen molar-refractivity contribution in [2.24, 2.45) is 5.10 Å². The number of aliphatic hydroxyl groups is 1. The van der Waals surface area contributed by atoms with Crippen LogP contribution in [0.5, 0.6) is 23.0 Å². The van der Waals surface area contributed by atoms with Gasteiger partial charge < -0.3 is 39.4 Å². The Hall–Kier alpha value is -4.21. The summed E-state index contributed by atoms with van der Waals surface area (Å²) in [6.45, 7) is 3.92. The minimum Gasteiger partial charge on any atom is -0.493 e. The van der Waals surface area contributed by atoms with Crippen LogP contribution in [0.3, 0.4) is 0 Å². The second kappa shape index (κ2) is 16.4. The fourth-order valence-electron chi connectivity index (χ4n) is 4.56. The molecule has 2 atom stereocenters. The highest BCUT2D eigenvalue weighted by Crippen LogP contribution is 2.36. The predicted molar refractivity (Wildman–Crippen MR) is 180 cm³/mol. The number of esters is 1. The van der Waals surface area contributed by atoms with Crippen molar-refractivity contribution in [3.8, 4) is 23.0 Å². The van der Waals surface area contributed by atoms with Gasteiger partial charge in [-0.25, -0.2) is 9.59 Å². The topological polar surface area (TPSA) is 149 Å². The van der Waals surface area contributed by atoms with E-state index in [1.165, 1.54) is 13.3 Å². The molecule has 1 aliphatic rings. The third-order valence-corrected chi connectivity index (χ3v) is 7.67. The number of carbonyl (C=O) groups excluding carboxylic acids is 2. The van der Waals surface area contributed by atoms with E-state index >= 15 is 0 Å². The number of nitrogens with one attached hydrogen (secondary N) is 3. The van der Waals surface area contributed by atoms with Crippen LogP contribution in [0.4, 0.5) is 4.79 Å². The number of hydrogen-bond acceptors (Lipinski definition) is 10. The highest BCUT2D eigenvalue weighted by atomic mass is 127. The number of nitrogens with zero attached hydrogens (tertiary/aromatic N) is 1. The van der Waals surface area contributed by atoms with E-state index in [1.54, 1.807) is 44.4 Å². The van der Waals surface area contributed by atoms with E-state index in [2.05, 4.69) is 43.8 Å². The third-order valence-electron chi connectivity index (χ3n) is 6.63. The van der Waals surface area contributed by atoms with E-state index in [4.69, 9.17) is 35.3 Å². The van der Waals surface area contributed by atoms with Gasteiger partial charge in [-0.15, -0.1) is 0 Å². The number of rotatable bonds is 14. The molecule has 0 aromatic heterocycles. The third kappa shape index (κ3) is 8.95. The van der Waals surface area contributed by atoms with E-state index in [0.717, 1.165) is 9.13 Å². The van der Waals surface area contributed by atoms with E-state index < -0.39 is 24.3 Å². The summed E-state index contributed by atoms with van der Waals surface area (Å²) >= 11 is 8.24. The number of benzene rings is 3. The van der Waals surface area contributed by atoms with Crippen LogP contribution in [-0.4, -0.2) is 57.0 Å². The van der Waals surface area contributed by atoms with Crippen molar-refractivity contribution in [1.29, 1.82) is 0 Å². The number of carbonyl (C=O) groups is 2. The molecule has 0 spiro atoms. The fraction of sp³-hybridized carbons (Fsp3) is 0.281. The van der Waals surface area contributed by atoms with E-state index in [0.29, 0.717) is 58.1 Å². The molecule has 1 heterocycles. The monoisotopic (exact) mass is 764 g/mol. The molecule has 0 aliphatic carbocycles. The Morgan fingerprint density at radius 3 is 2.63 bits per heavy atom. The lowest BCUT2D eigenvalue weighted by atomic mass is 9.95. The lowest BCUT2D eigenvalue weighted by Gasteiger charge is -2.28. The lowest BCUT2D eigenvalue weighted by molar-refractivity contribution is -0.136. The number of urea groups is 1. The molecule has 0 unspecified atom stereocenters. The van der Waals surface area contributed by atoms with Crippen molar-refractivity contribution < 1.29 is 38.4 Å². The molecular weight excluding hydrogens is 731 g/mol. The maximum absolute atomic E-state index is 12.5. The minimum absolute atomic E-state index is 0.162. The summed E-state index contributed by atoms with van der Waals surface area (Å²) in [7, 11) is 2.83. The van der Waals surface area contributed by atoms with E-state index in [1.807, 2.05) is 31.2 Å². The van der Waals surface area contributed by atoms with Crippen LogP contribution in [0.15, 0.2) is 71.0 Å². The summed E-state index contributed by atoms with van der Waals surface area (Å²) in [4.78, 5) is 24.6. The van der Waals surface area contributed by atoms with Crippen LogP contribution in [-0.2, 0) is 16.1 Å². The Morgan fingerprint density at radius 1 is 1.11 bits per heavy atom. The molecule has 0 bridgehead atoms. The second-order valence-electron chi connectivity index (χ2n) is 9.87. The normalized spacial score (nSPS) is 15.1. The highest BCUT2D eigenvalue weighted by Gasteiger charge is 2.32. The number of allylic oxidation sites excluding steroid dienone is 1. The summed E-state index contributed by atoms with van der Waals surface area (Å²) in [5.74, 6) is 1.26. The maximum atomic E-state index is 12.5. The molecule has 3 aromatic carbocycles. The van der Waals surface area contributed by atoms with E-state index in [-0.39, 0.29) is 12.2 Å². The molecule has 4 rings (SSSR count). The summed E-state index contributed by atoms with van der Waals surface area (Å²) < 4.78 is 28.8. The van der Waals surface area contributed by atoms with Crippen LogP contribution < -0.4 is 35.0 Å². The molecule has 0 saturated heterocycles. The van der Waals surface area contributed by atoms with E-state index in [9.17, 15) is 14.7 Å². The first kappa shape index (κ1) is 34.7. The van der Waals surface area contributed by atoms with Gasteiger partial charge >= 0.3 is 12.0 Å². The second-order valence-corrected chi connectivity index (χ2v) is 11.5. The number of aliphatic hydroxyl groups excluding tert-OH is 1. The number of ether oxygens (including phenoxy) is 5. The van der Waals surface area contributed by atoms with Gasteiger partial charge in [0.25, 0.3) is 0 Å². The van der Waals surface area contributed by atoms with Crippen LogP contribution in [0.25, 0.3) is 0 Å². The molecule has 1 aliphatic heterocycles. The van der Waals surface area contributed by atoms with Crippen molar-refractivity contribution in [1.82, 2.24) is 16.1 Å². The van der Waals surface area contributed by atoms with Crippen LogP contribution in [0.2, 0.25) is 5.02 Å². The lowest BCUT2D eigenvalue weighted by Crippen LogP contribution is -2.45. The molecule has 0 fully saturated rings. The Kier molecular flexibility index (Phi) is 12.3. The first-order valence-corrected chi connectivity index (χ1v) is 15.6. The number of amides is 2. The first-order chi connectivity index (χ1) is 22.1. The van der Waals surface area contributed by atoms with Crippen molar-refractivity contribution in [2.75, 3.05) is 27.4 Å². The summed E-state index contributed by atoms with van der Waals surface area (Å²) in [6.07, 6.45) is 0.378. The number of halogens is 2. The number of hydrazone groups is 1. The Labute approximate surface area is 285 Å². The van der Waals surface area contributed by atoms with Gasteiger partial charge in [-0.1, -0.05) is 29.8 Å². The van der Waals surface area contributed by atoms with Crippen LogP contribution >= 0.6 is 34.2 Å². The van der Waals surface area contributed by atoms with Crippen molar-refractivity contribution in [3.05, 3.63) is 91.2 Å². The van der Waals surface area contributed by atoms with Gasteiger partial charge in [-0.2, -0.15) is 5.10 Å². The van der Waals surface area contributed by atoms with Gasteiger partial charge in [0, 0.05) is 10.7 Å². The standard InChI is InChI=1S/C32H34ClIN4O8/c1-5-44-25-14-21(29-28(31(40)43-4)18(2)36-32(41)37-29)9-10-24(25)45-17-27(39)38-35-15-20-12-23(34)30(26(13-20)42-3)46-16-19-7-6-8-22(33)11-19/h6-15,27,29,38-39H,5,16-17H2,1-4H3,(H2,36,37,41)/b35-15+/t27-,29+/m1/s1. The molecule has 2 amide bonds. The average Bonchev–Trinajstić information content (AvgIpc) is 3.03. The molecule has 0 saturated carbocycles. The van der Waals surface area contributed by atoms with Gasteiger partial charge in [0.15, 0.2) is 29.2 Å². The minimum atomic E-state index is -1.16. The van der Waals surface area contributed by atoms with Gasteiger partial charge in [-0.3, -0.25) is 5.43 Å². The molecule has 14 heteroatoms. The quantitative estimate of drug-likeness (QED) is 0.0582. The largest absolute Gasteiger partial charge is 0.493 e. The molecule has 12 nitrogen and oxygen atoms in total. The smallest absolute Gasteiger partial charge is 0.337 e. The highest BCUT2D eigenvalue weighted by molar-refractivity contribution is 14.1. The molecular formula is C32H34ClIN4O8. The SMILES string of the molecule is CCOc1cc([C@@H]2NC(=O)NC(C)=C2C(=O)OC)ccc1OC[C@@H](O)N/N=C/c1cc(I)c(OCc2cccc(Cl)c2)c(OC)c1. The Balaban J connectivity index is 1.39.